The first kappa shape index (κ1) is 14.9. The van der Waals surface area contributed by atoms with E-state index in [9.17, 15) is 18.9 Å². The maximum atomic E-state index is 14.3. The smallest absolute Gasteiger partial charge is 0.326 e. The molecule has 2 rings (SSSR count). The molecule has 8 heteroatoms. The molecule has 0 radical (unpaired) electrons. The van der Waals surface area contributed by atoms with Gasteiger partial charge >= 0.3 is 5.69 Å². The molecule has 1 aliphatic rings. The quantitative estimate of drug-likeness (QED) is 0.479. The molecular formula is C12H14ClF2N3O2. The fourth-order valence-electron chi connectivity index (χ4n) is 2.32. The lowest BCUT2D eigenvalue weighted by atomic mass is 10.1. The monoisotopic (exact) mass is 305 g/mol. The number of hydrogen-bond acceptors (Lipinski definition) is 4. The Labute approximate surface area is 119 Å². The Morgan fingerprint density at radius 1 is 1.20 bits per heavy atom. The van der Waals surface area contributed by atoms with E-state index in [-0.39, 0.29) is 11.3 Å². The molecule has 1 aliphatic heterocycles. The molecule has 0 aliphatic carbocycles. The first-order valence-corrected chi connectivity index (χ1v) is 6.47. The third-order valence-corrected chi connectivity index (χ3v) is 3.85. The summed E-state index contributed by atoms with van der Waals surface area (Å²) in [6.07, 6.45) is 0. The second-order valence-corrected chi connectivity index (χ2v) is 5.19. The van der Waals surface area contributed by atoms with Crippen molar-refractivity contribution < 1.29 is 13.7 Å². The third kappa shape index (κ3) is 2.43. The number of rotatable bonds is 2. The number of halogens is 3. The van der Waals surface area contributed by atoms with Gasteiger partial charge in [0.15, 0.2) is 10.8 Å². The van der Waals surface area contributed by atoms with Crippen molar-refractivity contribution >= 4 is 23.0 Å². The number of hydrogen-bond donors (Lipinski definition) is 0. The van der Waals surface area contributed by atoms with Gasteiger partial charge in [-0.3, -0.25) is 10.1 Å². The average Bonchev–Trinajstić information content (AvgIpc) is 2.39. The number of anilines is 1. The van der Waals surface area contributed by atoms with Crippen molar-refractivity contribution in [3.05, 3.63) is 32.3 Å². The largest absolute Gasteiger partial charge is 0.366 e. The van der Waals surface area contributed by atoms with Crippen LogP contribution in [0.2, 0.25) is 5.02 Å². The maximum absolute atomic E-state index is 14.3. The van der Waals surface area contributed by atoms with E-state index in [0.29, 0.717) is 26.2 Å². The van der Waals surface area contributed by atoms with Crippen LogP contribution >= 0.6 is 11.6 Å². The minimum absolute atomic E-state index is 0.0196. The number of nitro groups is 1. The summed E-state index contributed by atoms with van der Waals surface area (Å²) in [5.74, 6) is -2.00. The highest BCUT2D eigenvalue weighted by molar-refractivity contribution is 6.33. The Balaban J connectivity index is 2.52. The second kappa shape index (κ2) is 5.49. The highest BCUT2D eigenvalue weighted by Crippen LogP contribution is 2.39. The van der Waals surface area contributed by atoms with Crippen molar-refractivity contribution in [3.63, 3.8) is 0 Å². The van der Waals surface area contributed by atoms with Crippen LogP contribution in [0.5, 0.6) is 0 Å². The van der Waals surface area contributed by atoms with Gasteiger partial charge in [0, 0.05) is 31.7 Å². The van der Waals surface area contributed by atoms with Crippen LogP contribution in [-0.2, 0) is 0 Å². The third-order valence-electron chi connectivity index (χ3n) is 3.50. The van der Waals surface area contributed by atoms with Gasteiger partial charge in [-0.2, -0.15) is 4.39 Å². The summed E-state index contributed by atoms with van der Waals surface area (Å²) in [5, 5.41) is 10.0. The van der Waals surface area contributed by atoms with E-state index in [0.717, 1.165) is 0 Å². The summed E-state index contributed by atoms with van der Waals surface area (Å²) in [6.45, 7) is 3.77. The zero-order valence-corrected chi connectivity index (χ0v) is 11.9. The fourth-order valence-corrected chi connectivity index (χ4v) is 2.56. The predicted octanol–water partition coefficient (Wildman–Crippen LogP) is 2.59. The zero-order chi connectivity index (χ0) is 15.0. The van der Waals surface area contributed by atoms with Crippen LogP contribution in [0, 0.1) is 28.7 Å². The first-order valence-electron chi connectivity index (χ1n) is 6.09. The van der Waals surface area contributed by atoms with Gasteiger partial charge in [0.25, 0.3) is 0 Å². The van der Waals surface area contributed by atoms with Crippen molar-refractivity contribution in [2.45, 2.75) is 6.92 Å². The van der Waals surface area contributed by atoms with E-state index in [2.05, 4.69) is 4.90 Å². The van der Waals surface area contributed by atoms with Crippen LogP contribution in [0.1, 0.15) is 5.56 Å². The normalized spacial score (nSPS) is 16.6. The van der Waals surface area contributed by atoms with Gasteiger partial charge in [-0.15, -0.1) is 0 Å². The van der Waals surface area contributed by atoms with E-state index in [4.69, 9.17) is 11.6 Å². The molecule has 5 nitrogen and oxygen atoms in total. The molecule has 1 aromatic rings. The van der Waals surface area contributed by atoms with E-state index in [1.165, 1.54) is 6.92 Å². The summed E-state index contributed by atoms with van der Waals surface area (Å²) in [6, 6.07) is 0. The van der Waals surface area contributed by atoms with E-state index >= 15 is 0 Å². The summed E-state index contributed by atoms with van der Waals surface area (Å²) < 4.78 is 28.3. The summed E-state index contributed by atoms with van der Waals surface area (Å²) in [5.41, 5.74) is -1.06. The van der Waals surface area contributed by atoms with Crippen LogP contribution < -0.4 is 4.90 Å². The summed E-state index contributed by atoms with van der Waals surface area (Å²) in [7, 11) is 1.93. The molecule has 20 heavy (non-hydrogen) atoms. The summed E-state index contributed by atoms with van der Waals surface area (Å²) >= 11 is 5.62. The van der Waals surface area contributed by atoms with E-state index < -0.39 is 27.3 Å². The molecule has 1 saturated heterocycles. The number of piperazine rings is 1. The molecule has 0 amide bonds. The van der Waals surface area contributed by atoms with Gasteiger partial charge in [-0.25, -0.2) is 4.39 Å². The lowest BCUT2D eigenvalue weighted by Gasteiger charge is -2.35. The van der Waals surface area contributed by atoms with Gasteiger partial charge in [0.05, 0.1) is 10.6 Å². The molecule has 0 unspecified atom stereocenters. The van der Waals surface area contributed by atoms with Crippen LogP contribution in [-0.4, -0.2) is 43.0 Å². The minimum atomic E-state index is -1.07. The van der Waals surface area contributed by atoms with Gasteiger partial charge in [-0.05, 0) is 14.0 Å². The molecule has 0 atom stereocenters. The lowest BCUT2D eigenvalue weighted by Crippen LogP contribution is -2.45. The van der Waals surface area contributed by atoms with Crippen molar-refractivity contribution in [3.8, 4) is 0 Å². The minimum Gasteiger partial charge on any atom is -0.366 e. The molecule has 1 aromatic carbocycles. The number of likely N-dealkylation sites (N-methyl/N-ethyl adjacent to an activating group) is 1. The highest BCUT2D eigenvalue weighted by atomic mass is 35.5. The van der Waals surface area contributed by atoms with E-state index in [1.807, 2.05) is 7.05 Å². The van der Waals surface area contributed by atoms with Crippen molar-refractivity contribution in [1.29, 1.82) is 0 Å². The van der Waals surface area contributed by atoms with Crippen molar-refractivity contribution in [1.82, 2.24) is 4.90 Å². The van der Waals surface area contributed by atoms with Crippen LogP contribution in [0.25, 0.3) is 0 Å². The molecule has 0 spiro atoms. The van der Waals surface area contributed by atoms with Gasteiger partial charge in [0.2, 0.25) is 5.82 Å². The standard InChI is InChI=1S/C12H14ClF2N3O2/c1-7-9(14)12(18(19)20)8(13)10(15)11(7)17-5-3-16(2)4-6-17/h3-6H2,1-2H3. The molecule has 0 saturated carbocycles. The SMILES string of the molecule is Cc1c(F)c([N+](=O)[O-])c(Cl)c(F)c1N1CCN(C)CC1. The number of benzene rings is 1. The Kier molecular flexibility index (Phi) is 4.10. The van der Waals surface area contributed by atoms with Gasteiger partial charge < -0.3 is 9.80 Å². The molecule has 1 fully saturated rings. The molecular weight excluding hydrogens is 292 g/mol. The zero-order valence-electron chi connectivity index (χ0n) is 11.1. The van der Waals surface area contributed by atoms with Gasteiger partial charge in [0.1, 0.15) is 0 Å². The first-order chi connectivity index (χ1) is 9.34. The van der Waals surface area contributed by atoms with Gasteiger partial charge in [-0.1, -0.05) is 11.6 Å². The lowest BCUT2D eigenvalue weighted by molar-refractivity contribution is -0.387. The number of nitrogens with zero attached hydrogens (tertiary/aromatic N) is 3. The summed E-state index contributed by atoms with van der Waals surface area (Å²) in [4.78, 5) is 13.5. The van der Waals surface area contributed by atoms with Crippen LogP contribution in [0.15, 0.2) is 0 Å². The molecule has 110 valence electrons. The Morgan fingerprint density at radius 3 is 2.25 bits per heavy atom. The van der Waals surface area contributed by atoms with Crippen LogP contribution in [0.4, 0.5) is 20.2 Å². The Morgan fingerprint density at radius 2 is 1.75 bits per heavy atom. The Bertz CT molecular complexity index is 531. The Hall–Kier alpha value is -1.47. The van der Waals surface area contributed by atoms with Crippen molar-refractivity contribution in [2.75, 3.05) is 38.1 Å². The maximum Gasteiger partial charge on any atom is 0.326 e. The average molecular weight is 306 g/mol. The predicted molar refractivity (Wildman–Crippen MR) is 72.5 cm³/mol. The highest BCUT2D eigenvalue weighted by Gasteiger charge is 2.32. The second-order valence-electron chi connectivity index (χ2n) is 4.81. The topological polar surface area (TPSA) is 49.6 Å². The van der Waals surface area contributed by atoms with E-state index in [1.54, 1.807) is 4.90 Å². The molecule has 0 N–H and O–H groups in total. The molecule has 0 aromatic heterocycles. The van der Waals surface area contributed by atoms with Crippen LogP contribution in [0.3, 0.4) is 0 Å². The fraction of sp³-hybridized carbons (Fsp3) is 0.500. The molecule has 0 bridgehead atoms. The molecule has 1 heterocycles. The van der Waals surface area contributed by atoms with Crippen molar-refractivity contribution in [2.24, 2.45) is 0 Å². The number of nitro benzene ring substituents is 1.